The smallest absolute Gasteiger partial charge is 0.263 e. The molecule has 3 aromatic rings. The summed E-state index contributed by atoms with van der Waals surface area (Å²) >= 11 is 1.43. The minimum absolute atomic E-state index is 0.105. The van der Waals surface area contributed by atoms with Gasteiger partial charge >= 0.3 is 0 Å². The summed E-state index contributed by atoms with van der Waals surface area (Å²) in [5.41, 5.74) is 2.62. The van der Waals surface area contributed by atoms with Crippen molar-refractivity contribution in [2.24, 2.45) is 0 Å². The van der Waals surface area contributed by atoms with E-state index in [0.717, 1.165) is 35.0 Å². The number of ether oxygens (including phenoxy) is 1. The van der Waals surface area contributed by atoms with Crippen molar-refractivity contribution in [2.75, 3.05) is 31.2 Å². The second-order valence-corrected chi connectivity index (χ2v) is 7.12. The van der Waals surface area contributed by atoms with Crippen LogP contribution in [0.2, 0.25) is 0 Å². The Morgan fingerprint density at radius 2 is 2.04 bits per heavy atom. The van der Waals surface area contributed by atoms with Crippen LogP contribution in [0.4, 0.5) is 5.13 Å². The van der Waals surface area contributed by atoms with E-state index in [9.17, 15) is 4.79 Å². The highest BCUT2D eigenvalue weighted by atomic mass is 32.1. The van der Waals surface area contributed by atoms with Crippen LogP contribution in [0.3, 0.4) is 0 Å². The molecule has 0 atom stereocenters. The lowest BCUT2D eigenvalue weighted by Gasteiger charge is -2.25. The van der Waals surface area contributed by atoms with Crippen LogP contribution in [0.5, 0.6) is 0 Å². The number of benzene rings is 1. The molecular formula is C18H19N5O3S. The number of rotatable bonds is 5. The molecule has 1 N–H and O–H groups in total. The molecule has 1 fully saturated rings. The third-order valence-electron chi connectivity index (χ3n) is 4.30. The number of morpholine rings is 1. The van der Waals surface area contributed by atoms with Crippen molar-refractivity contribution in [3.8, 4) is 11.4 Å². The lowest BCUT2D eigenvalue weighted by Crippen LogP contribution is -2.36. The zero-order valence-corrected chi connectivity index (χ0v) is 15.7. The maximum absolute atomic E-state index is 12.6. The monoisotopic (exact) mass is 385 g/mol. The Bertz CT molecular complexity index is 902. The van der Waals surface area contributed by atoms with Crippen LogP contribution in [0, 0.1) is 6.92 Å². The summed E-state index contributed by atoms with van der Waals surface area (Å²) in [6, 6.07) is 7.68. The maximum Gasteiger partial charge on any atom is 0.263 e. The Morgan fingerprint density at radius 1 is 1.26 bits per heavy atom. The first-order valence-corrected chi connectivity index (χ1v) is 9.46. The Hall–Kier alpha value is -2.78. The molecule has 0 bridgehead atoms. The van der Waals surface area contributed by atoms with Gasteiger partial charge in [-0.3, -0.25) is 4.79 Å². The van der Waals surface area contributed by atoms with E-state index in [4.69, 9.17) is 9.26 Å². The van der Waals surface area contributed by atoms with E-state index >= 15 is 0 Å². The van der Waals surface area contributed by atoms with Crippen LogP contribution in [0.1, 0.15) is 20.9 Å². The molecule has 1 amide bonds. The first kappa shape index (κ1) is 17.6. The van der Waals surface area contributed by atoms with E-state index in [1.807, 2.05) is 31.2 Å². The lowest BCUT2D eigenvalue weighted by molar-refractivity contribution is 0.0954. The van der Waals surface area contributed by atoms with Gasteiger partial charge in [-0.25, -0.2) is 4.98 Å². The summed E-state index contributed by atoms with van der Waals surface area (Å²) in [7, 11) is 0. The Balaban J connectivity index is 1.38. The van der Waals surface area contributed by atoms with Gasteiger partial charge in [0, 0.05) is 25.2 Å². The zero-order valence-electron chi connectivity index (χ0n) is 14.8. The third-order valence-corrected chi connectivity index (χ3v) is 5.52. The SMILES string of the molecule is Cc1nc(N2CCOCC2)sc1C(=O)NCc1ccc(-c2ncon2)cc1. The van der Waals surface area contributed by atoms with E-state index < -0.39 is 0 Å². The first-order chi connectivity index (χ1) is 13.2. The fraction of sp³-hybridized carbons (Fsp3) is 0.333. The standard InChI is InChI=1S/C18H19N5O3S/c1-12-15(27-18(21-12)23-6-8-25-9-7-23)17(24)19-10-13-2-4-14(5-3-13)16-20-11-26-22-16/h2-5,11H,6-10H2,1H3,(H,19,24). The number of hydrogen-bond donors (Lipinski definition) is 1. The van der Waals surface area contributed by atoms with E-state index in [-0.39, 0.29) is 5.91 Å². The molecule has 1 aliphatic rings. The third kappa shape index (κ3) is 3.99. The average molecular weight is 385 g/mol. The van der Waals surface area contributed by atoms with Gasteiger partial charge in [0.1, 0.15) is 4.88 Å². The van der Waals surface area contributed by atoms with Crippen LogP contribution in [-0.4, -0.2) is 47.3 Å². The number of carbonyl (C=O) groups is 1. The molecule has 0 unspecified atom stereocenters. The Kier molecular flexibility index (Phi) is 5.12. The van der Waals surface area contributed by atoms with Crippen LogP contribution in [0.15, 0.2) is 35.2 Å². The molecule has 0 saturated carbocycles. The van der Waals surface area contributed by atoms with Gasteiger partial charge in [0.05, 0.1) is 18.9 Å². The molecule has 4 rings (SSSR count). The quantitative estimate of drug-likeness (QED) is 0.720. The van der Waals surface area contributed by atoms with Crippen molar-refractivity contribution in [1.29, 1.82) is 0 Å². The highest BCUT2D eigenvalue weighted by Gasteiger charge is 2.20. The lowest BCUT2D eigenvalue weighted by atomic mass is 10.1. The minimum atomic E-state index is -0.105. The van der Waals surface area contributed by atoms with E-state index in [1.54, 1.807) is 0 Å². The molecule has 1 saturated heterocycles. The van der Waals surface area contributed by atoms with Gasteiger partial charge in [0.25, 0.3) is 5.91 Å². The number of nitrogens with zero attached hydrogens (tertiary/aromatic N) is 4. The van der Waals surface area contributed by atoms with Gasteiger partial charge in [-0.1, -0.05) is 40.8 Å². The molecule has 9 heteroatoms. The topological polar surface area (TPSA) is 93.4 Å². The van der Waals surface area contributed by atoms with Crippen molar-refractivity contribution in [2.45, 2.75) is 13.5 Å². The van der Waals surface area contributed by atoms with Gasteiger partial charge in [-0.2, -0.15) is 4.98 Å². The molecule has 1 aliphatic heterocycles. The molecule has 3 heterocycles. The summed E-state index contributed by atoms with van der Waals surface area (Å²) in [5, 5.41) is 7.65. The fourth-order valence-corrected chi connectivity index (χ4v) is 3.85. The van der Waals surface area contributed by atoms with E-state index in [2.05, 4.69) is 25.3 Å². The van der Waals surface area contributed by atoms with Crippen molar-refractivity contribution in [3.63, 3.8) is 0 Å². The summed E-state index contributed by atoms with van der Waals surface area (Å²) < 4.78 is 10.1. The van der Waals surface area contributed by atoms with E-state index in [1.165, 1.54) is 17.7 Å². The van der Waals surface area contributed by atoms with Gasteiger partial charge in [0.2, 0.25) is 12.2 Å². The molecule has 140 valence electrons. The number of thiazole rings is 1. The first-order valence-electron chi connectivity index (χ1n) is 8.65. The molecule has 27 heavy (non-hydrogen) atoms. The van der Waals surface area contributed by atoms with Gasteiger partial charge < -0.3 is 19.5 Å². The van der Waals surface area contributed by atoms with E-state index in [0.29, 0.717) is 30.5 Å². The minimum Gasteiger partial charge on any atom is -0.378 e. The highest BCUT2D eigenvalue weighted by molar-refractivity contribution is 7.17. The Labute approximate surface area is 160 Å². The zero-order chi connectivity index (χ0) is 18.6. The normalized spacial score (nSPS) is 14.3. The maximum atomic E-state index is 12.6. The largest absolute Gasteiger partial charge is 0.378 e. The van der Waals surface area contributed by atoms with Crippen LogP contribution < -0.4 is 10.2 Å². The van der Waals surface area contributed by atoms with Crippen LogP contribution >= 0.6 is 11.3 Å². The highest BCUT2D eigenvalue weighted by Crippen LogP contribution is 2.26. The summed E-state index contributed by atoms with van der Waals surface area (Å²) in [6.07, 6.45) is 1.30. The fourth-order valence-electron chi connectivity index (χ4n) is 2.81. The number of anilines is 1. The summed E-state index contributed by atoms with van der Waals surface area (Å²) in [5.74, 6) is 0.438. The number of carbonyl (C=O) groups excluding carboxylic acids is 1. The van der Waals surface area contributed by atoms with Crippen LogP contribution in [0.25, 0.3) is 11.4 Å². The predicted molar refractivity (Wildman–Crippen MR) is 101 cm³/mol. The molecule has 0 spiro atoms. The molecule has 8 nitrogen and oxygen atoms in total. The number of nitrogens with one attached hydrogen (secondary N) is 1. The van der Waals surface area contributed by atoms with Gasteiger partial charge in [-0.15, -0.1) is 0 Å². The van der Waals surface area contributed by atoms with Crippen LogP contribution in [-0.2, 0) is 11.3 Å². The number of hydrogen-bond acceptors (Lipinski definition) is 8. The summed E-state index contributed by atoms with van der Waals surface area (Å²) in [4.78, 5) is 24.0. The predicted octanol–water partition coefficient (Wildman–Crippen LogP) is 2.27. The molecule has 1 aromatic carbocycles. The number of aryl methyl sites for hydroxylation is 1. The average Bonchev–Trinajstić information content (AvgIpc) is 3.37. The molecule has 0 radical (unpaired) electrons. The van der Waals surface area contributed by atoms with Crippen molar-refractivity contribution >= 4 is 22.4 Å². The molecule has 0 aliphatic carbocycles. The van der Waals surface area contributed by atoms with Gasteiger partial charge in [-0.05, 0) is 12.5 Å². The number of amides is 1. The summed E-state index contributed by atoms with van der Waals surface area (Å²) in [6.45, 7) is 5.31. The van der Waals surface area contributed by atoms with Crippen molar-refractivity contribution in [3.05, 3.63) is 46.8 Å². The molecular weight excluding hydrogens is 366 g/mol. The Morgan fingerprint density at radius 3 is 2.74 bits per heavy atom. The second kappa shape index (κ2) is 7.85. The van der Waals surface area contributed by atoms with Gasteiger partial charge in [0.15, 0.2) is 5.13 Å². The second-order valence-electron chi connectivity index (χ2n) is 6.14. The van der Waals surface area contributed by atoms with Crippen molar-refractivity contribution in [1.82, 2.24) is 20.4 Å². The van der Waals surface area contributed by atoms with Crippen molar-refractivity contribution < 1.29 is 14.1 Å². The molecule has 2 aromatic heterocycles. The number of aromatic nitrogens is 3.